The minimum Gasteiger partial charge on any atom is -0.336 e. The van der Waals surface area contributed by atoms with Crippen molar-refractivity contribution in [1.82, 2.24) is 5.32 Å². The second kappa shape index (κ2) is 6.05. The number of carbonyl (C=O) groups excluding carboxylic acids is 1. The number of benzene rings is 1. The molecule has 0 aliphatic carbocycles. The Bertz CT molecular complexity index is 446. The van der Waals surface area contributed by atoms with Gasteiger partial charge in [-0.3, -0.25) is 4.79 Å². The molecule has 0 aromatic heterocycles. The van der Waals surface area contributed by atoms with E-state index >= 15 is 0 Å². The molecule has 17 heavy (non-hydrogen) atoms. The molecule has 1 N–H and O–H groups in total. The Hall–Kier alpha value is -1.82. The number of carbonyl (C=O) groups is 1. The van der Waals surface area contributed by atoms with Crippen LogP contribution in [0.1, 0.15) is 41.3 Å². The lowest BCUT2D eigenvalue weighted by atomic mass is 10.0. The molecule has 1 unspecified atom stereocenters. The van der Waals surface area contributed by atoms with E-state index in [2.05, 4.69) is 11.4 Å². The van der Waals surface area contributed by atoms with Gasteiger partial charge in [-0.15, -0.1) is 0 Å². The highest BCUT2D eigenvalue weighted by atomic mass is 16.1. The molecule has 1 atom stereocenters. The number of hydrogen-bond donors (Lipinski definition) is 1. The van der Waals surface area contributed by atoms with Gasteiger partial charge in [-0.2, -0.15) is 5.26 Å². The van der Waals surface area contributed by atoms with Gasteiger partial charge >= 0.3 is 0 Å². The first kappa shape index (κ1) is 13.2. The van der Waals surface area contributed by atoms with Crippen LogP contribution in [0.25, 0.3) is 0 Å². The van der Waals surface area contributed by atoms with Crippen LogP contribution in [0, 0.1) is 25.2 Å². The lowest BCUT2D eigenvalue weighted by Gasteiger charge is -2.12. The quantitative estimate of drug-likeness (QED) is 0.864. The average Bonchev–Trinajstić information content (AvgIpc) is 2.31. The zero-order valence-corrected chi connectivity index (χ0v) is 10.6. The number of nitriles is 1. The van der Waals surface area contributed by atoms with Crippen molar-refractivity contribution >= 4 is 5.91 Å². The summed E-state index contributed by atoms with van der Waals surface area (Å²) < 4.78 is 0. The van der Waals surface area contributed by atoms with Gasteiger partial charge in [0.2, 0.25) is 0 Å². The molecule has 0 bridgehead atoms. The monoisotopic (exact) mass is 230 g/mol. The SMILES string of the molecule is CCCC(C#N)NC(=O)c1cccc(C)c1C. The van der Waals surface area contributed by atoms with Crippen LogP contribution in [0.4, 0.5) is 0 Å². The van der Waals surface area contributed by atoms with E-state index in [1.54, 1.807) is 6.07 Å². The van der Waals surface area contributed by atoms with Gasteiger partial charge in [0.05, 0.1) is 6.07 Å². The number of hydrogen-bond acceptors (Lipinski definition) is 2. The maximum atomic E-state index is 12.0. The highest BCUT2D eigenvalue weighted by molar-refractivity contribution is 5.96. The second-order valence-corrected chi connectivity index (χ2v) is 4.19. The van der Waals surface area contributed by atoms with E-state index < -0.39 is 6.04 Å². The third-order valence-electron chi connectivity index (χ3n) is 2.89. The number of nitrogens with one attached hydrogen (secondary N) is 1. The van der Waals surface area contributed by atoms with Crippen LogP contribution in [-0.4, -0.2) is 11.9 Å². The van der Waals surface area contributed by atoms with E-state index in [9.17, 15) is 4.79 Å². The van der Waals surface area contributed by atoms with Gasteiger partial charge in [-0.05, 0) is 37.5 Å². The molecule has 1 aromatic carbocycles. The minimum atomic E-state index is -0.396. The van der Waals surface area contributed by atoms with E-state index in [1.165, 1.54) is 0 Å². The number of amides is 1. The summed E-state index contributed by atoms with van der Waals surface area (Å²) in [7, 11) is 0. The zero-order valence-electron chi connectivity index (χ0n) is 10.6. The van der Waals surface area contributed by atoms with Crippen molar-refractivity contribution in [1.29, 1.82) is 5.26 Å². The molecule has 3 heteroatoms. The molecule has 3 nitrogen and oxygen atoms in total. The number of nitrogens with zero attached hydrogens (tertiary/aromatic N) is 1. The van der Waals surface area contributed by atoms with E-state index in [4.69, 9.17) is 5.26 Å². The average molecular weight is 230 g/mol. The van der Waals surface area contributed by atoms with Gasteiger partial charge in [0, 0.05) is 5.56 Å². The molecule has 1 amide bonds. The van der Waals surface area contributed by atoms with Crippen LogP contribution in [0.5, 0.6) is 0 Å². The lowest BCUT2D eigenvalue weighted by Crippen LogP contribution is -2.34. The van der Waals surface area contributed by atoms with Crippen LogP contribution in [0.2, 0.25) is 0 Å². The molecule has 0 radical (unpaired) electrons. The van der Waals surface area contributed by atoms with E-state index in [-0.39, 0.29) is 5.91 Å². The molecule has 0 heterocycles. The summed E-state index contributed by atoms with van der Waals surface area (Å²) in [5.41, 5.74) is 2.71. The Morgan fingerprint density at radius 3 is 2.76 bits per heavy atom. The van der Waals surface area contributed by atoms with Crippen LogP contribution in [0.15, 0.2) is 18.2 Å². The lowest BCUT2D eigenvalue weighted by molar-refractivity contribution is 0.0943. The first-order chi connectivity index (χ1) is 8.10. The molecule has 0 saturated carbocycles. The summed E-state index contributed by atoms with van der Waals surface area (Å²) in [6.45, 7) is 5.89. The number of rotatable bonds is 4. The van der Waals surface area contributed by atoms with Crippen molar-refractivity contribution in [3.63, 3.8) is 0 Å². The standard InChI is InChI=1S/C14H18N2O/c1-4-6-12(9-15)16-14(17)13-8-5-7-10(2)11(13)3/h5,7-8,12H,4,6H2,1-3H3,(H,16,17). The van der Waals surface area contributed by atoms with Gasteiger partial charge < -0.3 is 5.32 Å². The molecular weight excluding hydrogens is 212 g/mol. The zero-order chi connectivity index (χ0) is 12.8. The third-order valence-corrected chi connectivity index (χ3v) is 2.89. The van der Waals surface area contributed by atoms with E-state index in [0.29, 0.717) is 12.0 Å². The van der Waals surface area contributed by atoms with Gasteiger partial charge in [0.1, 0.15) is 6.04 Å². The first-order valence-corrected chi connectivity index (χ1v) is 5.86. The fourth-order valence-corrected chi connectivity index (χ4v) is 1.69. The highest BCUT2D eigenvalue weighted by Crippen LogP contribution is 2.12. The predicted molar refractivity (Wildman–Crippen MR) is 67.7 cm³/mol. The van der Waals surface area contributed by atoms with Crippen LogP contribution < -0.4 is 5.32 Å². The summed E-state index contributed by atoms with van der Waals surface area (Å²) in [6, 6.07) is 7.33. The van der Waals surface area contributed by atoms with Gasteiger partial charge in [-0.1, -0.05) is 25.5 Å². The van der Waals surface area contributed by atoms with Gasteiger partial charge in [0.15, 0.2) is 0 Å². The Labute approximate surface area is 102 Å². The second-order valence-electron chi connectivity index (χ2n) is 4.19. The van der Waals surface area contributed by atoms with Crippen molar-refractivity contribution in [3.8, 4) is 6.07 Å². The molecule has 90 valence electrons. The summed E-state index contributed by atoms with van der Waals surface area (Å²) >= 11 is 0. The third kappa shape index (κ3) is 3.32. The smallest absolute Gasteiger partial charge is 0.252 e. The van der Waals surface area contributed by atoms with E-state index in [1.807, 2.05) is 32.9 Å². The number of aryl methyl sites for hydroxylation is 1. The largest absolute Gasteiger partial charge is 0.336 e. The van der Waals surface area contributed by atoms with Crippen LogP contribution in [-0.2, 0) is 0 Å². The molecule has 0 aliphatic heterocycles. The Balaban J connectivity index is 2.83. The molecule has 0 fully saturated rings. The Kier molecular flexibility index (Phi) is 4.71. The van der Waals surface area contributed by atoms with Gasteiger partial charge in [-0.25, -0.2) is 0 Å². The van der Waals surface area contributed by atoms with Crippen molar-refractivity contribution in [2.45, 2.75) is 39.7 Å². The maximum Gasteiger partial charge on any atom is 0.252 e. The summed E-state index contributed by atoms with van der Waals surface area (Å²) in [5.74, 6) is -0.161. The Morgan fingerprint density at radius 2 is 2.18 bits per heavy atom. The van der Waals surface area contributed by atoms with Crippen LogP contribution in [0.3, 0.4) is 0 Å². The van der Waals surface area contributed by atoms with Crippen LogP contribution >= 0.6 is 0 Å². The Morgan fingerprint density at radius 1 is 1.47 bits per heavy atom. The topological polar surface area (TPSA) is 52.9 Å². The summed E-state index contributed by atoms with van der Waals surface area (Å²) in [5, 5.41) is 11.7. The van der Waals surface area contributed by atoms with Gasteiger partial charge in [0.25, 0.3) is 5.91 Å². The van der Waals surface area contributed by atoms with Crippen molar-refractivity contribution in [3.05, 3.63) is 34.9 Å². The molecule has 1 aromatic rings. The summed E-state index contributed by atoms with van der Waals surface area (Å²) in [6.07, 6.45) is 1.57. The molecule has 1 rings (SSSR count). The fourth-order valence-electron chi connectivity index (χ4n) is 1.69. The van der Waals surface area contributed by atoms with Crippen molar-refractivity contribution < 1.29 is 4.79 Å². The van der Waals surface area contributed by atoms with Crippen molar-refractivity contribution in [2.75, 3.05) is 0 Å². The fraction of sp³-hybridized carbons (Fsp3) is 0.429. The minimum absolute atomic E-state index is 0.161. The van der Waals surface area contributed by atoms with E-state index in [0.717, 1.165) is 17.5 Å². The molecular formula is C14H18N2O. The predicted octanol–water partition coefficient (Wildman–Crippen LogP) is 2.73. The first-order valence-electron chi connectivity index (χ1n) is 5.86. The molecule has 0 aliphatic rings. The highest BCUT2D eigenvalue weighted by Gasteiger charge is 2.14. The molecule has 0 spiro atoms. The summed E-state index contributed by atoms with van der Waals surface area (Å²) in [4.78, 5) is 12.0. The maximum absolute atomic E-state index is 12.0. The molecule has 0 saturated heterocycles. The normalized spacial score (nSPS) is 11.6. The van der Waals surface area contributed by atoms with Crippen molar-refractivity contribution in [2.24, 2.45) is 0 Å².